The second-order valence-corrected chi connectivity index (χ2v) is 5.71. The van der Waals surface area contributed by atoms with Crippen molar-refractivity contribution in [1.82, 2.24) is 0 Å². The normalized spacial score (nSPS) is 15.7. The minimum absolute atomic E-state index is 0.0683. The number of hydrogen-bond donors (Lipinski definition) is 2. The third-order valence-corrected chi connectivity index (χ3v) is 4.02. The van der Waals surface area contributed by atoms with Crippen LogP contribution in [0.25, 0.3) is 0 Å². The molecule has 0 atom stereocenters. The fraction of sp³-hybridized carbons (Fsp3) is 0.500. The highest BCUT2D eigenvalue weighted by Crippen LogP contribution is 2.34. The Morgan fingerprint density at radius 3 is 3.00 bits per heavy atom. The van der Waals surface area contributed by atoms with Crippen LogP contribution in [-0.4, -0.2) is 18.8 Å². The third-order valence-electron chi connectivity index (χ3n) is 2.95. The number of thioether (sulfide) groups is 1. The zero-order chi connectivity index (χ0) is 10.9. The molecule has 0 unspecified atom stereocenters. The summed E-state index contributed by atoms with van der Waals surface area (Å²) >= 11 is 1.92. The molecule has 0 fully saturated rings. The summed E-state index contributed by atoms with van der Waals surface area (Å²) in [6.07, 6.45) is 0. The van der Waals surface area contributed by atoms with Crippen LogP contribution in [0.2, 0.25) is 0 Å². The highest BCUT2D eigenvalue weighted by molar-refractivity contribution is 7.99. The van der Waals surface area contributed by atoms with Gasteiger partial charge in [0.15, 0.2) is 0 Å². The van der Waals surface area contributed by atoms with E-state index in [4.69, 9.17) is 5.73 Å². The molecule has 1 aliphatic rings. The van der Waals surface area contributed by atoms with E-state index < -0.39 is 0 Å². The van der Waals surface area contributed by atoms with Crippen LogP contribution in [0.3, 0.4) is 0 Å². The van der Waals surface area contributed by atoms with E-state index in [1.165, 1.54) is 16.1 Å². The van der Waals surface area contributed by atoms with Crippen molar-refractivity contribution in [3.63, 3.8) is 0 Å². The van der Waals surface area contributed by atoms with Gasteiger partial charge in [0, 0.05) is 34.8 Å². The average Bonchev–Trinajstić information content (AvgIpc) is 2.28. The summed E-state index contributed by atoms with van der Waals surface area (Å²) in [5, 5.41) is 3.44. The number of fused-ring (bicyclic) bond motifs is 1. The second kappa shape index (κ2) is 4.06. The largest absolute Gasteiger partial charge is 0.383 e. The van der Waals surface area contributed by atoms with Crippen LogP contribution < -0.4 is 11.1 Å². The van der Waals surface area contributed by atoms with Crippen LogP contribution in [0.1, 0.15) is 19.4 Å². The van der Waals surface area contributed by atoms with E-state index in [1.54, 1.807) is 0 Å². The molecule has 1 aliphatic heterocycles. The van der Waals surface area contributed by atoms with Gasteiger partial charge in [0.05, 0.1) is 0 Å². The quantitative estimate of drug-likeness (QED) is 0.807. The van der Waals surface area contributed by atoms with Crippen molar-refractivity contribution >= 4 is 17.4 Å². The highest BCUT2D eigenvalue weighted by atomic mass is 32.2. The van der Waals surface area contributed by atoms with Crippen molar-refractivity contribution in [2.75, 3.05) is 24.2 Å². The number of rotatable bonds is 2. The molecular formula is C12H18N2S. The predicted molar refractivity (Wildman–Crippen MR) is 67.7 cm³/mol. The first-order chi connectivity index (χ1) is 7.13. The van der Waals surface area contributed by atoms with Crippen LogP contribution >= 0.6 is 11.8 Å². The van der Waals surface area contributed by atoms with Gasteiger partial charge in [-0.1, -0.05) is 19.9 Å². The first-order valence-electron chi connectivity index (χ1n) is 5.35. The van der Waals surface area contributed by atoms with Crippen LogP contribution in [0.5, 0.6) is 0 Å². The van der Waals surface area contributed by atoms with Crippen molar-refractivity contribution in [2.45, 2.75) is 24.2 Å². The Kier molecular flexibility index (Phi) is 2.94. The molecule has 0 amide bonds. The molecule has 2 nitrogen and oxygen atoms in total. The van der Waals surface area contributed by atoms with Gasteiger partial charge in [-0.05, 0) is 17.7 Å². The predicted octanol–water partition coefficient (Wildman–Crippen LogP) is 2.44. The van der Waals surface area contributed by atoms with E-state index in [9.17, 15) is 0 Å². The SMILES string of the molecule is CC(C)(CN)c1ccc2c(c1)NCCS2. The van der Waals surface area contributed by atoms with E-state index in [0.717, 1.165) is 12.3 Å². The van der Waals surface area contributed by atoms with E-state index in [2.05, 4.69) is 37.4 Å². The lowest BCUT2D eigenvalue weighted by molar-refractivity contribution is 0.539. The highest BCUT2D eigenvalue weighted by Gasteiger charge is 2.20. The molecular weight excluding hydrogens is 204 g/mol. The minimum Gasteiger partial charge on any atom is -0.383 e. The molecule has 0 aromatic heterocycles. The second-order valence-electron chi connectivity index (χ2n) is 4.57. The molecule has 2 rings (SSSR count). The van der Waals surface area contributed by atoms with Gasteiger partial charge in [-0.25, -0.2) is 0 Å². The number of nitrogens with two attached hydrogens (primary N) is 1. The van der Waals surface area contributed by atoms with E-state index in [0.29, 0.717) is 6.54 Å². The van der Waals surface area contributed by atoms with Crippen molar-refractivity contribution in [1.29, 1.82) is 0 Å². The summed E-state index contributed by atoms with van der Waals surface area (Å²) in [5.41, 5.74) is 8.44. The van der Waals surface area contributed by atoms with Gasteiger partial charge in [0.1, 0.15) is 0 Å². The Labute approximate surface area is 95.6 Å². The maximum atomic E-state index is 5.79. The Hall–Kier alpha value is -0.670. The smallest absolute Gasteiger partial charge is 0.0481 e. The van der Waals surface area contributed by atoms with Crippen LogP contribution in [0, 0.1) is 0 Å². The summed E-state index contributed by atoms with van der Waals surface area (Å²) in [6, 6.07) is 6.65. The number of hydrogen-bond acceptors (Lipinski definition) is 3. The van der Waals surface area contributed by atoms with E-state index in [-0.39, 0.29) is 5.41 Å². The molecule has 1 aromatic carbocycles. The Morgan fingerprint density at radius 2 is 2.27 bits per heavy atom. The summed E-state index contributed by atoms with van der Waals surface area (Å²) < 4.78 is 0. The van der Waals surface area contributed by atoms with Crippen molar-refractivity contribution in [3.8, 4) is 0 Å². The third kappa shape index (κ3) is 2.13. The molecule has 15 heavy (non-hydrogen) atoms. The standard InChI is InChI=1S/C12H18N2S/c1-12(2,8-13)9-3-4-11-10(7-9)14-5-6-15-11/h3-4,7,14H,5-6,8,13H2,1-2H3. The lowest BCUT2D eigenvalue weighted by Crippen LogP contribution is -2.28. The maximum absolute atomic E-state index is 5.79. The number of benzene rings is 1. The maximum Gasteiger partial charge on any atom is 0.0481 e. The molecule has 82 valence electrons. The minimum atomic E-state index is 0.0683. The first kappa shape index (κ1) is 10.8. The molecule has 3 heteroatoms. The Balaban J connectivity index is 2.36. The molecule has 0 bridgehead atoms. The average molecular weight is 222 g/mol. The summed E-state index contributed by atoms with van der Waals surface area (Å²) in [6.45, 7) is 6.11. The molecule has 3 N–H and O–H groups in total. The molecule has 0 saturated heterocycles. The molecule has 0 spiro atoms. The summed E-state index contributed by atoms with van der Waals surface area (Å²) in [5.74, 6) is 1.16. The molecule has 0 aliphatic carbocycles. The molecule has 1 heterocycles. The van der Waals surface area contributed by atoms with Crippen LogP contribution in [0.15, 0.2) is 23.1 Å². The number of nitrogens with one attached hydrogen (secondary N) is 1. The van der Waals surface area contributed by atoms with Crippen molar-refractivity contribution in [2.24, 2.45) is 5.73 Å². The zero-order valence-corrected chi connectivity index (χ0v) is 10.2. The van der Waals surface area contributed by atoms with Gasteiger partial charge in [-0.3, -0.25) is 0 Å². The van der Waals surface area contributed by atoms with E-state index in [1.807, 2.05) is 11.8 Å². The van der Waals surface area contributed by atoms with Gasteiger partial charge < -0.3 is 11.1 Å². The topological polar surface area (TPSA) is 38.0 Å². The van der Waals surface area contributed by atoms with Gasteiger partial charge in [0.2, 0.25) is 0 Å². The van der Waals surface area contributed by atoms with Gasteiger partial charge >= 0.3 is 0 Å². The molecule has 1 aromatic rings. The summed E-state index contributed by atoms with van der Waals surface area (Å²) in [4.78, 5) is 1.36. The van der Waals surface area contributed by atoms with Crippen LogP contribution in [-0.2, 0) is 5.41 Å². The fourth-order valence-corrected chi connectivity index (χ4v) is 2.55. The van der Waals surface area contributed by atoms with Gasteiger partial charge in [-0.2, -0.15) is 0 Å². The molecule has 0 saturated carbocycles. The fourth-order valence-electron chi connectivity index (χ4n) is 1.68. The van der Waals surface area contributed by atoms with E-state index >= 15 is 0 Å². The Bertz CT molecular complexity index is 361. The van der Waals surface area contributed by atoms with Crippen molar-refractivity contribution in [3.05, 3.63) is 23.8 Å². The van der Waals surface area contributed by atoms with Gasteiger partial charge in [0.25, 0.3) is 0 Å². The lowest BCUT2D eigenvalue weighted by atomic mass is 9.84. The van der Waals surface area contributed by atoms with Gasteiger partial charge in [-0.15, -0.1) is 11.8 Å². The lowest BCUT2D eigenvalue weighted by Gasteiger charge is -2.26. The molecule has 0 radical (unpaired) electrons. The zero-order valence-electron chi connectivity index (χ0n) is 9.34. The number of anilines is 1. The van der Waals surface area contributed by atoms with Crippen molar-refractivity contribution < 1.29 is 0 Å². The van der Waals surface area contributed by atoms with Crippen LogP contribution in [0.4, 0.5) is 5.69 Å². The Morgan fingerprint density at radius 1 is 1.47 bits per heavy atom. The first-order valence-corrected chi connectivity index (χ1v) is 6.33. The summed E-state index contributed by atoms with van der Waals surface area (Å²) in [7, 11) is 0. The monoisotopic (exact) mass is 222 g/mol.